The number of hydrogen-bond donors (Lipinski definition) is 0. The summed E-state index contributed by atoms with van der Waals surface area (Å²) in [5, 5.41) is 35.2. The number of ether oxygens (including phenoxy) is 1. The molecule has 0 aromatic heterocycles. The van der Waals surface area contributed by atoms with Crippen LogP contribution in [0.4, 0.5) is 0 Å². The first-order chi connectivity index (χ1) is 14.2. The van der Waals surface area contributed by atoms with E-state index in [0.717, 1.165) is 13.3 Å². The number of unbranched alkanes of at least 4 members (excludes halogenated alkanes) is 1. The first-order valence-corrected chi connectivity index (χ1v) is 10.0. The van der Waals surface area contributed by atoms with Crippen LogP contribution >= 0.6 is 0 Å². The van der Waals surface area contributed by atoms with Crippen LogP contribution in [0.2, 0.25) is 0 Å². The van der Waals surface area contributed by atoms with Gasteiger partial charge in [0.15, 0.2) is 0 Å². The fourth-order valence-corrected chi connectivity index (χ4v) is 3.70. The summed E-state index contributed by atoms with van der Waals surface area (Å²) in [7, 11) is 0. The van der Waals surface area contributed by atoms with Crippen LogP contribution in [0.25, 0.3) is 0 Å². The van der Waals surface area contributed by atoms with Crippen LogP contribution in [0.3, 0.4) is 0 Å². The van der Waals surface area contributed by atoms with Gasteiger partial charge in [0.05, 0.1) is 12.5 Å². The predicted molar refractivity (Wildman–Crippen MR) is 100.0 cm³/mol. The summed E-state index contributed by atoms with van der Waals surface area (Å²) >= 11 is 0. The Kier molecular flexibility index (Phi) is 22.0. The van der Waals surface area contributed by atoms with Crippen LogP contribution in [0.15, 0.2) is 30.3 Å². The zero-order valence-corrected chi connectivity index (χ0v) is 26.4. The minimum Gasteiger partial charge on any atom is -0.550 e. The number of aliphatic carboxylic acids is 3. The Hall–Kier alpha value is 0.1000. The topological polar surface area (TPSA) is 147 Å². The van der Waals surface area contributed by atoms with Gasteiger partial charge in [-0.3, -0.25) is 4.79 Å². The third kappa shape index (κ3) is 11.1. The van der Waals surface area contributed by atoms with E-state index in [2.05, 4.69) is 0 Å². The van der Waals surface area contributed by atoms with Crippen LogP contribution < -0.4 is 104 Å². The van der Waals surface area contributed by atoms with E-state index in [0.29, 0.717) is 12.0 Å². The summed E-state index contributed by atoms with van der Waals surface area (Å²) in [6.07, 6.45) is 1.54. The van der Waals surface area contributed by atoms with Gasteiger partial charge in [0.1, 0.15) is 0 Å². The zero-order valence-electron chi connectivity index (χ0n) is 20.4. The molecule has 33 heavy (non-hydrogen) atoms. The van der Waals surface area contributed by atoms with Gasteiger partial charge in [0, 0.05) is 35.7 Å². The van der Waals surface area contributed by atoms with Gasteiger partial charge >= 0.3 is 94.6 Å². The number of esters is 1. The summed E-state index contributed by atoms with van der Waals surface area (Å²) < 4.78 is 5.24. The molecule has 5 unspecified atom stereocenters. The van der Waals surface area contributed by atoms with Crippen LogP contribution in [-0.4, -0.2) is 30.5 Å². The molecule has 1 aromatic carbocycles. The molecule has 0 bridgehead atoms. The Labute approximate surface area is 261 Å². The van der Waals surface area contributed by atoms with E-state index < -0.39 is 53.5 Å². The van der Waals surface area contributed by atoms with Crippen molar-refractivity contribution in [1.29, 1.82) is 0 Å². The number of carbonyl (C=O) groups is 4. The van der Waals surface area contributed by atoms with Crippen LogP contribution in [-0.2, 0) is 23.9 Å². The summed E-state index contributed by atoms with van der Waals surface area (Å²) in [6, 6.07) is 8.51. The second-order valence-electron chi connectivity index (χ2n) is 7.27. The Bertz CT molecular complexity index is 744. The molecule has 5 atom stereocenters. The van der Waals surface area contributed by atoms with E-state index in [-0.39, 0.29) is 102 Å². The number of carboxylic acid groups (broad SMARTS) is 3. The molecule has 0 fully saturated rings. The Morgan fingerprint density at radius 1 is 0.818 bits per heavy atom. The Morgan fingerprint density at radius 2 is 1.33 bits per heavy atom. The van der Waals surface area contributed by atoms with Gasteiger partial charge in [-0.25, -0.2) is 0 Å². The van der Waals surface area contributed by atoms with E-state index in [1.54, 1.807) is 37.3 Å². The van der Waals surface area contributed by atoms with Crippen molar-refractivity contribution in [3.8, 4) is 0 Å². The van der Waals surface area contributed by atoms with Crippen molar-refractivity contribution < 1.29 is 128 Å². The van der Waals surface area contributed by atoms with Gasteiger partial charge in [-0.05, 0) is 24.3 Å². The third-order valence-corrected chi connectivity index (χ3v) is 5.34. The van der Waals surface area contributed by atoms with Crippen molar-refractivity contribution in [3.05, 3.63) is 35.9 Å². The molecule has 0 N–H and O–H groups in total. The van der Waals surface area contributed by atoms with Gasteiger partial charge in [0.25, 0.3) is 0 Å². The third-order valence-electron chi connectivity index (χ3n) is 5.34. The van der Waals surface area contributed by atoms with Crippen molar-refractivity contribution in [2.75, 3.05) is 6.61 Å². The number of carboxylic acids is 3. The van der Waals surface area contributed by atoms with Crippen molar-refractivity contribution in [2.24, 2.45) is 23.7 Å². The first-order valence-electron chi connectivity index (χ1n) is 10.0. The maximum absolute atomic E-state index is 13.0. The van der Waals surface area contributed by atoms with E-state index >= 15 is 0 Å². The van der Waals surface area contributed by atoms with Gasteiger partial charge in [0.2, 0.25) is 0 Å². The second kappa shape index (κ2) is 19.3. The van der Waals surface area contributed by atoms with E-state index in [1.165, 1.54) is 0 Å². The largest absolute Gasteiger partial charge is 1.00 e. The normalized spacial score (nSPS) is 14.5. The average Bonchev–Trinajstić information content (AvgIpc) is 2.70. The minimum atomic E-state index is -2.04. The van der Waals surface area contributed by atoms with Crippen LogP contribution in [0.1, 0.15) is 51.5 Å². The molecule has 0 aliphatic carbocycles. The second-order valence-corrected chi connectivity index (χ2v) is 7.27. The Morgan fingerprint density at radius 3 is 1.73 bits per heavy atom. The van der Waals surface area contributed by atoms with E-state index in [9.17, 15) is 34.5 Å². The fraction of sp³-hybridized carbons (Fsp3) is 0.545. The van der Waals surface area contributed by atoms with Crippen molar-refractivity contribution in [1.82, 2.24) is 0 Å². The van der Waals surface area contributed by atoms with Crippen molar-refractivity contribution in [2.45, 2.75) is 46.0 Å². The molecule has 1 aromatic rings. The molecular weight excluding hydrogens is 461 g/mol. The molecule has 11 heteroatoms. The van der Waals surface area contributed by atoms with Gasteiger partial charge in [-0.1, -0.05) is 57.5 Å². The van der Waals surface area contributed by atoms with E-state index in [4.69, 9.17) is 4.74 Å². The first kappa shape index (κ1) is 37.6. The Balaban J connectivity index is -0.00000300. The number of carbonyl (C=O) groups excluding carboxylic acids is 4. The smallest absolute Gasteiger partial charge is 0.550 e. The quantitative estimate of drug-likeness (QED) is 0.151. The SMILES string of the molecule is CCCCOC(=O)C(C(CC)c1ccccc1)C(C(=O)[O-])C(C(=O)[O-])C(C)C(=O)[O-].[Na+].[Na+].[Na+]. The maximum atomic E-state index is 13.0. The molecule has 0 saturated heterocycles. The monoisotopic (exact) mass is 488 g/mol. The standard InChI is InChI=1S/C22H30O8.3Na/c1-4-6-12-30-22(29)17(15(5-2)14-10-8-7-9-11-14)18(21(27)28)16(20(25)26)13(3)19(23)24;;;/h7-11,13,15-18H,4-6,12H2,1-3H3,(H,23,24)(H,25,26)(H,27,28);;;/q;3*+1/p-3. The summed E-state index contributed by atoms with van der Waals surface area (Å²) in [4.78, 5) is 48.2. The van der Waals surface area contributed by atoms with Gasteiger partial charge in [-0.2, -0.15) is 0 Å². The van der Waals surface area contributed by atoms with Gasteiger partial charge in [-0.15, -0.1) is 0 Å². The molecule has 0 amide bonds. The molecule has 0 saturated carbocycles. The fourth-order valence-electron chi connectivity index (χ4n) is 3.70. The number of hydrogen-bond acceptors (Lipinski definition) is 8. The zero-order chi connectivity index (χ0) is 22.8. The molecule has 0 aliphatic rings. The summed E-state index contributed by atoms with van der Waals surface area (Å²) in [5.41, 5.74) is 0.599. The molecule has 0 heterocycles. The molecule has 0 spiro atoms. The van der Waals surface area contributed by atoms with Crippen LogP contribution in [0.5, 0.6) is 0 Å². The predicted octanol–water partition coefficient (Wildman–Crippen LogP) is -9.73. The van der Waals surface area contributed by atoms with Crippen LogP contribution in [0, 0.1) is 23.7 Å². The summed E-state index contributed by atoms with van der Waals surface area (Å²) in [5.74, 6) is -14.4. The average molecular weight is 488 g/mol. The minimum absolute atomic E-state index is 0. The maximum Gasteiger partial charge on any atom is 1.00 e. The van der Waals surface area contributed by atoms with Crippen molar-refractivity contribution >= 4 is 23.9 Å². The number of rotatable bonds is 13. The molecule has 1 rings (SSSR count). The molecule has 0 aliphatic heterocycles. The number of benzene rings is 1. The summed E-state index contributed by atoms with van der Waals surface area (Å²) in [6.45, 7) is 4.63. The van der Waals surface area contributed by atoms with Gasteiger partial charge < -0.3 is 34.4 Å². The molecule has 8 nitrogen and oxygen atoms in total. The molecule has 166 valence electrons. The molecule has 0 radical (unpaired) electrons. The van der Waals surface area contributed by atoms with E-state index in [1.807, 2.05) is 6.92 Å². The van der Waals surface area contributed by atoms with Crippen molar-refractivity contribution in [3.63, 3.8) is 0 Å². The molecular formula is C22H27Na3O8.